The molecule has 3 rings (SSSR count). The van der Waals surface area contributed by atoms with Gasteiger partial charge in [-0.05, 0) is 48.2 Å². The highest BCUT2D eigenvalue weighted by molar-refractivity contribution is 7.92. The maximum Gasteiger partial charge on any atom is 0.241 e. The van der Waals surface area contributed by atoms with Crippen LogP contribution in [-0.4, -0.2) is 27.1 Å². The minimum absolute atomic E-state index is 0.348. The molecule has 0 heterocycles. The van der Waals surface area contributed by atoms with Crippen molar-refractivity contribution in [3.8, 4) is 0 Å². The summed E-state index contributed by atoms with van der Waals surface area (Å²) in [5, 5.41) is 3.45. The van der Waals surface area contributed by atoms with E-state index in [1.165, 1.54) is 0 Å². The zero-order valence-electron chi connectivity index (χ0n) is 17.7. The molecule has 5 nitrogen and oxygen atoms in total. The second-order valence-electron chi connectivity index (χ2n) is 7.47. The van der Waals surface area contributed by atoms with Crippen LogP contribution in [0.15, 0.2) is 72.8 Å². The van der Waals surface area contributed by atoms with Crippen LogP contribution < -0.4 is 9.62 Å². The van der Waals surface area contributed by atoms with E-state index in [2.05, 4.69) is 5.32 Å². The lowest BCUT2D eigenvalue weighted by molar-refractivity contribution is -0.120. The average Bonchev–Trinajstić information content (AvgIpc) is 2.73. The van der Waals surface area contributed by atoms with Gasteiger partial charge in [0.1, 0.15) is 6.54 Å². The third-order valence-corrected chi connectivity index (χ3v) is 6.62. The molecule has 3 aromatic rings. The number of anilines is 1. The summed E-state index contributed by atoms with van der Waals surface area (Å²) in [6.07, 6.45) is 1.07. The first kappa shape index (κ1) is 22.8. The Bertz CT molecular complexity index is 1180. The Kier molecular flexibility index (Phi) is 7.03. The lowest BCUT2D eigenvalue weighted by atomic mass is 9.95. The Balaban J connectivity index is 1.92. The number of hydrogen-bond donors (Lipinski definition) is 1. The Hall–Kier alpha value is -2.83. The van der Waals surface area contributed by atoms with Crippen molar-refractivity contribution in [2.45, 2.75) is 19.9 Å². The predicted molar refractivity (Wildman–Crippen MR) is 126 cm³/mol. The fourth-order valence-electron chi connectivity index (χ4n) is 3.37. The molecular weight excluding hydrogens is 432 g/mol. The van der Waals surface area contributed by atoms with Crippen molar-refractivity contribution >= 4 is 33.2 Å². The average molecular weight is 457 g/mol. The maximum absolute atomic E-state index is 13.0. The van der Waals surface area contributed by atoms with Gasteiger partial charge in [0, 0.05) is 5.02 Å². The third-order valence-electron chi connectivity index (χ3n) is 5.07. The van der Waals surface area contributed by atoms with Crippen LogP contribution in [0.1, 0.15) is 28.3 Å². The third kappa shape index (κ3) is 5.66. The molecule has 0 spiro atoms. The molecule has 0 saturated heterocycles. The van der Waals surface area contributed by atoms with E-state index in [0.717, 1.165) is 32.8 Å². The SMILES string of the molecule is Cc1ccc(N(CC(=O)N[C@H](c2ccccc2)c2ccccc2C)S(C)(=O)=O)cc1Cl. The number of aryl methyl sites for hydroxylation is 2. The first-order valence-electron chi connectivity index (χ1n) is 9.80. The standard InChI is InChI=1S/C24H25ClN2O3S/c1-17-9-7-8-12-21(17)24(19-10-5-4-6-11-19)26-23(28)16-27(31(3,29)30)20-14-13-18(2)22(25)15-20/h4-15,24H,16H2,1-3H3,(H,26,28)/t24-/m1/s1. The van der Waals surface area contributed by atoms with Crippen molar-refractivity contribution in [3.05, 3.63) is 100 Å². The first-order valence-corrected chi connectivity index (χ1v) is 12.0. The molecule has 0 fully saturated rings. The molecule has 1 amide bonds. The lowest BCUT2D eigenvalue weighted by Gasteiger charge is -2.26. The van der Waals surface area contributed by atoms with Crippen LogP contribution in [-0.2, 0) is 14.8 Å². The molecule has 0 saturated carbocycles. The van der Waals surface area contributed by atoms with Gasteiger partial charge in [0.2, 0.25) is 15.9 Å². The number of nitrogens with zero attached hydrogens (tertiary/aromatic N) is 1. The zero-order chi connectivity index (χ0) is 22.6. The highest BCUT2D eigenvalue weighted by atomic mass is 35.5. The normalized spacial score (nSPS) is 12.3. The second kappa shape index (κ2) is 9.54. The van der Waals surface area contributed by atoms with Crippen molar-refractivity contribution in [1.29, 1.82) is 0 Å². The van der Waals surface area contributed by atoms with Gasteiger partial charge in [-0.1, -0.05) is 72.3 Å². The van der Waals surface area contributed by atoms with Crippen LogP contribution >= 0.6 is 11.6 Å². The largest absolute Gasteiger partial charge is 0.344 e. The Morgan fingerprint density at radius 3 is 2.23 bits per heavy atom. The van der Waals surface area contributed by atoms with E-state index in [1.807, 2.05) is 68.4 Å². The van der Waals surface area contributed by atoms with Gasteiger partial charge >= 0.3 is 0 Å². The topological polar surface area (TPSA) is 66.5 Å². The van der Waals surface area contributed by atoms with Gasteiger partial charge in [-0.15, -0.1) is 0 Å². The van der Waals surface area contributed by atoms with E-state index >= 15 is 0 Å². The fraction of sp³-hybridized carbons (Fsp3) is 0.208. The van der Waals surface area contributed by atoms with Crippen molar-refractivity contribution in [2.75, 3.05) is 17.1 Å². The quantitative estimate of drug-likeness (QED) is 0.563. The molecular formula is C24H25ClN2O3S. The summed E-state index contributed by atoms with van der Waals surface area (Å²) >= 11 is 6.18. The molecule has 0 bridgehead atoms. The molecule has 1 atom stereocenters. The Morgan fingerprint density at radius 1 is 0.968 bits per heavy atom. The second-order valence-corrected chi connectivity index (χ2v) is 9.78. The van der Waals surface area contributed by atoms with Crippen LogP contribution in [0.2, 0.25) is 5.02 Å². The number of hydrogen-bond acceptors (Lipinski definition) is 3. The van der Waals surface area contributed by atoms with Gasteiger partial charge in [0.05, 0.1) is 18.0 Å². The van der Waals surface area contributed by atoms with Crippen LogP contribution in [0, 0.1) is 13.8 Å². The molecule has 0 aliphatic carbocycles. The molecule has 1 N–H and O–H groups in total. The number of amides is 1. The molecule has 0 aromatic heterocycles. The van der Waals surface area contributed by atoms with Crippen LogP contribution in [0.25, 0.3) is 0 Å². The minimum atomic E-state index is -3.70. The van der Waals surface area contributed by atoms with Crippen molar-refractivity contribution < 1.29 is 13.2 Å². The number of rotatable bonds is 7. The summed E-state index contributed by atoms with van der Waals surface area (Å²) in [5.74, 6) is -0.417. The summed E-state index contributed by atoms with van der Waals surface area (Å²) in [4.78, 5) is 13.0. The van der Waals surface area contributed by atoms with Gasteiger partial charge in [-0.25, -0.2) is 8.42 Å². The minimum Gasteiger partial charge on any atom is -0.344 e. The van der Waals surface area contributed by atoms with E-state index in [0.29, 0.717) is 10.7 Å². The number of nitrogens with one attached hydrogen (secondary N) is 1. The lowest BCUT2D eigenvalue weighted by Crippen LogP contribution is -2.42. The van der Waals surface area contributed by atoms with Gasteiger partial charge in [0.25, 0.3) is 0 Å². The smallest absolute Gasteiger partial charge is 0.241 e. The number of halogens is 1. The Labute approximate surface area is 188 Å². The van der Waals surface area contributed by atoms with Crippen molar-refractivity contribution in [1.82, 2.24) is 5.32 Å². The van der Waals surface area contributed by atoms with E-state index in [9.17, 15) is 13.2 Å². The molecule has 162 valence electrons. The maximum atomic E-state index is 13.0. The molecule has 0 unspecified atom stereocenters. The van der Waals surface area contributed by atoms with Crippen molar-refractivity contribution in [3.63, 3.8) is 0 Å². The summed E-state index contributed by atoms with van der Waals surface area (Å²) in [7, 11) is -3.70. The van der Waals surface area contributed by atoms with Crippen LogP contribution in [0.3, 0.4) is 0 Å². The number of carbonyl (C=O) groups excluding carboxylic acids is 1. The summed E-state index contributed by atoms with van der Waals surface area (Å²) < 4.78 is 26.0. The van der Waals surface area contributed by atoms with Crippen molar-refractivity contribution in [2.24, 2.45) is 0 Å². The number of sulfonamides is 1. The molecule has 3 aromatic carbocycles. The fourth-order valence-corrected chi connectivity index (χ4v) is 4.39. The number of benzene rings is 3. The molecule has 7 heteroatoms. The van der Waals surface area contributed by atoms with E-state index in [1.54, 1.807) is 18.2 Å². The number of carbonyl (C=O) groups is 1. The summed E-state index contributed by atoms with van der Waals surface area (Å²) in [5.41, 5.74) is 4.06. The van der Waals surface area contributed by atoms with E-state index in [-0.39, 0.29) is 6.54 Å². The highest BCUT2D eigenvalue weighted by Crippen LogP contribution is 2.27. The monoisotopic (exact) mass is 456 g/mol. The highest BCUT2D eigenvalue weighted by Gasteiger charge is 2.24. The van der Waals surface area contributed by atoms with Gasteiger partial charge < -0.3 is 5.32 Å². The molecule has 0 aliphatic rings. The molecule has 0 radical (unpaired) electrons. The van der Waals surface area contributed by atoms with E-state index in [4.69, 9.17) is 11.6 Å². The molecule has 0 aliphatic heterocycles. The zero-order valence-corrected chi connectivity index (χ0v) is 19.2. The van der Waals surface area contributed by atoms with E-state index < -0.39 is 22.0 Å². The van der Waals surface area contributed by atoms with Crippen LogP contribution in [0.5, 0.6) is 0 Å². The van der Waals surface area contributed by atoms with Gasteiger partial charge in [0.15, 0.2) is 0 Å². The molecule has 31 heavy (non-hydrogen) atoms. The summed E-state index contributed by atoms with van der Waals surface area (Å²) in [6.45, 7) is 3.46. The predicted octanol–water partition coefficient (Wildman–Crippen LogP) is 4.63. The van der Waals surface area contributed by atoms with Gasteiger partial charge in [-0.3, -0.25) is 9.10 Å². The Morgan fingerprint density at radius 2 is 1.61 bits per heavy atom. The summed E-state index contributed by atoms with van der Waals surface area (Å²) in [6, 6.07) is 21.9. The first-order chi connectivity index (χ1) is 14.7. The van der Waals surface area contributed by atoms with Crippen LogP contribution in [0.4, 0.5) is 5.69 Å². The van der Waals surface area contributed by atoms with Gasteiger partial charge in [-0.2, -0.15) is 0 Å².